The van der Waals surface area contributed by atoms with E-state index in [2.05, 4.69) is 132 Å². The Hall–Kier alpha value is -4.41. The second-order valence-corrected chi connectivity index (χ2v) is 12.2. The zero-order chi connectivity index (χ0) is 29.7. The minimum absolute atomic E-state index is 0.0163. The molecule has 0 saturated carbocycles. The predicted molar refractivity (Wildman–Crippen MR) is 182 cm³/mol. The molecule has 0 fully saturated rings. The molecule has 210 valence electrons. The van der Waals surface area contributed by atoms with Gasteiger partial charge in [0, 0.05) is 12.4 Å². The molecule has 1 heterocycles. The predicted octanol–water partition coefficient (Wildman–Crippen LogP) is 7.95. The number of hydrogen-bond donors (Lipinski definition) is 0. The molecule has 4 heteroatoms. The van der Waals surface area contributed by atoms with Crippen molar-refractivity contribution in [1.82, 2.24) is 9.55 Å². The van der Waals surface area contributed by atoms with Crippen LogP contribution in [0.2, 0.25) is 0 Å². The molecule has 0 atom stereocenters. The third-order valence-corrected chi connectivity index (χ3v) is 9.46. The molecule has 0 saturated heterocycles. The molecule has 2 nitrogen and oxygen atoms in total. The molecule has 5 aromatic carbocycles. The summed E-state index contributed by atoms with van der Waals surface area (Å²) in [6, 6.07) is 51.0. The van der Waals surface area contributed by atoms with Gasteiger partial charge in [-0.1, -0.05) is 164 Å². The molecule has 0 aliphatic rings. The number of aromatic nitrogens is 2. The molecule has 0 aliphatic heterocycles. The highest BCUT2D eigenvalue weighted by atomic mass is 28.2. The van der Waals surface area contributed by atoms with E-state index in [9.17, 15) is 0 Å². The lowest BCUT2D eigenvalue weighted by Gasteiger charge is -2.36. The van der Waals surface area contributed by atoms with Gasteiger partial charge in [-0.05, 0) is 46.5 Å². The molecular formula is C39H37BN2Si. The molecule has 0 bridgehead atoms. The number of aryl methyl sites for hydroxylation is 1. The van der Waals surface area contributed by atoms with Gasteiger partial charge in [-0.15, -0.1) is 0 Å². The lowest BCUT2D eigenvalue weighted by Crippen LogP contribution is -2.46. The van der Waals surface area contributed by atoms with E-state index in [1.54, 1.807) is 0 Å². The minimum atomic E-state index is -0.317. The van der Waals surface area contributed by atoms with Gasteiger partial charge in [0.2, 0.25) is 0 Å². The topological polar surface area (TPSA) is 17.8 Å². The molecule has 6 aromatic rings. The molecule has 43 heavy (non-hydrogen) atoms. The summed E-state index contributed by atoms with van der Waals surface area (Å²) in [5, 5.41) is 1.06. The van der Waals surface area contributed by atoms with Crippen molar-refractivity contribution in [1.29, 1.82) is 0 Å². The summed E-state index contributed by atoms with van der Waals surface area (Å²) >= 11 is 0. The Morgan fingerprint density at radius 1 is 0.698 bits per heavy atom. The largest absolute Gasteiger partial charge is 0.326 e. The Balaban J connectivity index is 0.000000220. The highest BCUT2D eigenvalue weighted by Crippen LogP contribution is 2.33. The third kappa shape index (κ3) is 7.52. The van der Waals surface area contributed by atoms with Gasteiger partial charge in [0.15, 0.2) is 0 Å². The molecule has 1 aromatic heterocycles. The van der Waals surface area contributed by atoms with Crippen molar-refractivity contribution in [3.8, 4) is 0 Å². The van der Waals surface area contributed by atoms with E-state index < -0.39 is 0 Å². The molecule has 0 amide bonds. The van der Waals surface area contributed by atoms with Crippen molar-refractivity contribution in [2.24, 2.45) is 0 Å². The van der Waals surface area contributed by atoms with Crippen LogP contribution in [0.25, 0.3) is 0 Å². The molecular weight excluding hydrogens is 535 g/mol. The highest BCUT2D eigenvalue weighted by molar-refractivity contribution is 6.57. The summed E-state index contributed by atoms with van der Waals surface area (Å²) in [5.74, 6) is -0.0163. The average molecular weight is 573 g/mol. The van der Waals surface area contributed by atoms with Crippen molar-refractivity contribution in [3.63, 3.8) is 0 Å². The fourth-order valence-corrected chi connectivity index (χ4v) is 7.14. The van der Waals surface area contributed by atoms with Crippen molar-refractivity contribution in [2.45, 2.75) is 37.2 Å². The Morgan fingerprint density at radius 3 is 1.72 bits per heavy atom. The van der Waals surface area contributed by atoms with Gasteiger partial charge in [0.1, 0.15) is 9.52 Å². The number of rotatable bonds is 10. The van der Waals surface area contributed by atoms with Crippen LogP contribution in [0.1, 0.15) is 53.4 Å². The number of nitrogens with zero attached hydrogens (tertiary/aromatic N) is 2. The van der Waals surface area contributed by atoms with Crippen LogP contribution >= 0.6 is 0 Å². The van der Waals surface area contributed by atoms with Crippen LogP contribution in [0.5, 0.6) is 0 Å². The summed E-state index contributed by atoms with van der Waals surface area (Å²) in [4.78, 5) is 4.41. The fraction of sp³-hybridized carbons (Fsp3) is 0.154. The number of benzene rings is 5. The summed E-state index contributed by atoms with van der Waals surface area (Å²) in [5.41, 5.74) is 6.29. The number of hydrogen-bond acceptors (Lipinski definition) is 1. The van der Waals surface area contributed by atoms with E-state index in [0.29, 0.717) is 9.52 Å². The normalized spacial score (nSPS) is 11.1. The molecule has 0 unspecified atom stereocenters. The van der Waals surface area contributed by atoms with Crippen LogP contribution in [0.4, 0.5) is 0 Å². The highest BCUT2D eigenvalue weighted by Gasteiger charge is 2.37. The van der Waals surface area contributed by atoms with E-state index in [-0.39, 0.29) is 11.0 Å². The summed E-state index contributed by atoms with van der Waals surface area (Å²) in [7, 11) is 6.66. The van der Waals surface area contributed by atoms with Crippen molar-refractivity contribution < 1.29 is 0 Å². The monoisotopic (exact) mass is 572 g/mol. The van der Waals surface area contributed by atoms with Gasteiger partial charge >= 0.3 is 0 Å². The Morgan fingerprint density at radius 2 is 1.23 bits per heavy atom. The average Bonchev–Trinajstić information content (AvgIpc) is 3.64. The van der Waals surface area contributed by atoms with Crippen LogP contribution in [0.15, 0.2) is 164 Å². The van der Waals surface area contributed by atoms with Gasteiger partial charge in [-0.25, -0.2) is 4.98 Å². The zero-order valence-electron chi connectivity index (χ0n) is 24.8. The maximum atomic E-state index is 6.12. The van der Waals surface area contributed by atoms with Gasteiger partial charge < -0.3 is 4.57 Å². The van der Waals surface area contributed by atoms with Gasteiger partial charge in [-0.3, -0.25) is 0 Å². The lowest BCUT2D eigenvalue weighted by molar-refractivity contribution is 0.596. The lowest BCUT2D eigenvalue weighted by atomic mass is 9.76. The smallest absolute Gasteiger partial charge is 0.127 e. The molecule has 0 N–H and O–H groups in total. The maximum Gasteiger partial charge on any atom is 0.127 e. The summed E-state index contributed by atoms with van der Waals surface area (Å²) < 4.78 is 2.27. The quantitative estimate of drug-likeness (QED) is 0.152. The second-order valence-electron chi connectivity index (χ2n) is 10.6. The van der Waals surface area contributed by atoms with Crippen LogP contribution in [-0.4, -0.2) is 26.9 Å². The van der Waals surface area contributed by atoms with Crippen LogP contribution in [0, 0.1) is 0 Å². The van der Waals surface area contributed by atoms with Crippen LogP contribution in [-0.2, 0) is 11.6 Å². The second kappa shape index (κ2) is 15.2. The molecule has 0 spiro atoms. The number of imidazole rings is 1. The van der Waals surface area contributed by atoms with E-state index in [1.165, 1.54) is 34.7 Å². The number of unbranched alkanes of at least 4 members (excludes halogenated alkanes) is 1. The Bertz CT molecular complexity index is 1540. The van der Waals surface area contributed by atoms with Gasteiger partial charge in [-0.2, -0.15) is 0 Å². The SMILES string of the molecule is CCCCc1cccc([Si]C(c2ccccc2)(c2ccccc2)n2ccnc2)c1.[B]C(c1ccccc1)c1ccccc1. The standard InChI is InChI=1S/C26H26N2Si.C13H11B/c1-2-3-11-22-12-10-17-25(20-22)29-26(28-19-18-27-21-28,23-13-6-4-7-14-23)24-15-8-5-9-16-24;14-13(11-7-3-1-4-8-11)12-9-5-2-6-10-12/h4-10,12-21H,2-3,11H2,1H3;1-10,13H. The van der Waals surface area contributed by atoms with Crippen molar-refractivity contribution in [2.75, 3.05) is 0 Å². The van der Waals surface area contributed by atoms with Crippen LogP contribution in [0.3, 0.4) is 0 Å². The van der Waals surface area contributed by atoms with E-state index >= 15 is 0 Å². The third-order valence-electron chi connectivity index (χ3n) is 7.66. The summed E-state index contributed by atoms with van der Waals surface area (Å²) in [6.07, 6.45) is 9.52. The van der Waals surface area contributed by atoms with Gasteiger partial charge in [0.25, 0.3) is 0 Å². The molecule has 0 aliphatic carbocycles. The first-order valence-electron chi connectivity index (χ1n) is 15.0. The summed E-state index contributed by atoms with van der Waals surface area (Å²) in [6.45, 7) is 2.25. The first kappa shape index (κ1) is 30.1. The van der Waals surface area contributed by atoms with Gasteiger partial charge in [0.05, 0.1) is 19.3 Å². The Kier molecular flexibility index (Phi) is 10.6. The fourth-order valence-electron chi connectivity index (χ4n) is 5.40. The van der Waals surface area contributed by atoms with E-state index in [0.717, 1.165) is 17.5 Å². The maximum absolute atomic E-state index is 6.12. The first-order chi connectivity index (χ1) is 21.2. The molecule has 6 rings (SSSR count). The van der Waals surface area contributed by atoms with Crippen LogP contribution < -0.4 is 5.19 Å². The Labute approximate surface area is 260 Å². The van der Waals surface area contributed by atoms with Crippen molar-refractivity contribution >= 4 is 22.6 Å². The van der Waals surface area contributed by atoms with Crippen molar-refractivity contribution in [3.05, 3.63) is 192 Å². The molecule has 4 radical (unpaired) electrons. The van der Waals surface area contributed by atoms with E-state index in [1.807, 2.05) is 48.9 Å². The zero-order valence-corrected chi connectivity index (χ0v) is 25.8. The van der Waals surface area contributed by atoms with E-state index in [4.69, 9.17) is 7.85 Å². The first-order valence-corrected chi connectivity index (χ1v) is 16.0. The minimum Gasteiger partial charge on any atom is -0.326 e.